The zero-order chi connectivity index (χ0) is 11.9. The molecule has 86 valence electrons. The van der Waals surface area contributed by atoms with Crippen molar-refractivity contribution < 1.29 is 18.6 Å². The summed E-state index contributed by atoms with van der Waals surface area (Å²) < 4.78 is 21.4. The van der Waals surface area contributed by atoms with E-state index in [2.05, 4.69) is 0 Å². The van der Waals surface area contributed by atoms with Gasteiger partial charge in [0.15, 0.2) is 13.5 Å². The Morgan fingerprint density at radius 2 is 2.20 bits per heavy atom. The number of hydrogen-bond donors (Lipinski definition) is 0. The van der Waals surface area contributed by atoms with Crippen LogP contribution in [-0.2, 0) is 18.6 Å². The second kappa shape index (κ2) is 6.60. The standard InChI is InChI=1S/C9H16NO4P/c1-4-13-15(3,12)6-5-9(7-10)14-8(2)11/h9H,4-6H2,1-3H3. The van der Waals surface area contributed by atoms with Crippen LogP contribution in [0.15, 0.2) is 0 Å². The molecule has 0 aromatic rings. The van der Waals surface area contributed by atoms with Gasteiger partial charge in [-0.05, 0) is 6.92 Å². The molecule has 5 nitrogen and oxygen atoms in total. The van der Waals surface area contributed by atoms with E-state index in [-0.39, 0.29) is 12.6 Å². The Labute approximate surface area is 89.8 Å². The van der Waals surface area contributed by atoms with Gasteiger partial charge >= 0.3 is 5.97 Å². The number of rotatable bonds is 6. The van der Waals surface area contributed by atoms with Crippen LogP contribution in [-0.4, -0.2) is 31.5 Å². The molecule has 0 saturated heterocycles. The van der Waals surface area contributed by atoms with Crippen LogP contribution in [0.3, 0.4) is 0 Å². The van der Waals surface area contributed by atoms with Gasteiger partial charge in [0.05, 0.1) is 6.61 Å². The first-order valence-corrected chi connectivity index (χ1v) is 6.95. The number of carbonyl (C=O) groups is 1. The zero-order valence-electron chi connectivity index (χ0n) is 9.23. The van der Waals surface area contributed by atoms with Crippen LogP contribution < -0.4 is 0 Å². The molecule has 2 atom stereocenters. The fraction of sp³-hybridized carbons (Fsp3) is 0.778. The highest BCUT2D eigenvalue weighted by atomic mass is 31.2. The lowest BCUT2D eigenvalue weighted by atomic mass is 10.3. The van der Waals surface area contributed by atoms with Crippen LogP contribution in [0.2, 0.25) is 0 Å². The summed E-state index contributed by atoms with van der Waals surface area (Å²) in [6.45, 7) is 4.87. The maximum Gasteiger partial charge on any atom is 0.303 e. The van der Waals surface area contributed by atoms with Crippen LogP contribution in [0, 0.1) is 11.3 Å². The number of nitriles is 1. The van der Waals surface area contributed by atoms with E-state index < -0.39 is 19.4 Å². The molecule has 0 amide bonds. The zero-order valence-corrected chi connectivity index (χ0v) is 10.1. The van der Waals surface area contributed by atoms with Crippen molar-refractivity contribution in [1.82, 2.24) is 0 Å². The van der Waals surface area contributed by atoms with E-state index in [1.165, 1.54) is 13.6 Å². The van der Waals surface area contributed by atoms with E-state index >= 15 is 0 Å². The van der Waals surface area contributed by atoms with Crippen LogP contribution in [0.25, 0.3) is 0 Å². The average Bonchev–Trinajstić information content (AvgIpc) is 2.11. The Balaban J connectivity index is 4.07. The highest BCUT2D eigenvalue weighted by molar-refractivity contribution is 7.58. The largest absolute Gasteiger partial charge is 0.447 e. The molecule has 2 unspecified atom stereocenters. The third-order valence-electron chi connectivity index (χ3n) is 1.65. The predicted octanol–water partition coefficient (Wildman–Crippen LogP) is 1.78. The normalized spacial score (nSPS) is 16.1. The summed E-state index contributed by atoms with van der Waals surface area (Å²) in [5.41, 5.74) is 0. The molecule has 0 heterocycles. The Morgan fingerprint density at radius 3 is 2.60 bits per heavy atom. The van der Waals surface area contributed by atoms with Gasteiger partial charge in [0.25, 0.3) is 0 Å². The minimum absolute atomic E-state index is 0.240. The third kappa shape index (κ3) is 7.12. The number of nitrogens with zero attached hydrogens (tertiary/aromatic N) is 1. The fourth-order valence-electron chi connectivity index (χ4n) is 1.04. The Bertz CT molecular complexity index is 297. The summed E-state index contributed by atoms with van der Waals surface area (Å²) >= 11 is 0. The van der Waals surface area contributed by atoms with Crippen LogP contribution in [0.4, 0.5) is 0 Å². The Morgan fingerprint density at radius 1 is 1.60 bits per heavy atom. The van der Waals surface area contributed by atoms with E-state index in [1.807, 2.05) is 6.07 Å². The highest BCUT2D eigenvalue weighted by Gasteiger charge is 2.19. The summed E-state index contributed by atoms with van der Waals surface area (Å²) in [5.74, 6) is -0.510. The molecular formula is C9H16NO4P. The third-order valence-corrected chi connectivity index (χ3v) is 3.53. The quantitative estimate of drug-likeness (QED) is 0.516. The fourth-order valence-corrected chi connectivity index (χ4v) is 2.42. The maximum atomic E-state index is 11.6. The van der Waals surface area contributed by atoms with Gasteiger partial charge in [0.1, 0.15) is 6.07 Å². The molecule has 0 rings (SSSR count). The second-order valence-electron chi connectivity index (χ2n) is 3.17. The summed E-state index contributed by atoms with van der Waals surface area (Å²) in [5, 5.41) is 8.64. The summed E-state index contributed by atoms with van der Waals surface area (Å²) in [6, 6.07) is 1.83. The van der Waals surface area contributed by atoms with Crippen LogP contribution >= 0.6 is 7.37 Å². The number of ether oxygens (including phenoxy) is 1. The smallest absolute Gasteiger partial charge is 0.303 e. The van der Waals surface area contributed by atoms with E-state index in [0.29, 0.717) is 6.61 Å². The summed E-state index contributed by atoms with van der Waals surface area (Å²) in [7, 11) is -2.65. The van der Waals surface area contributed by atoms with Crippen molar-refractivity contribution in [2.45, 2.75) is 26.4 Å². The molecule has 0 aliphatic carbocycles. The molecule has 0 aromatic carbocycles. The van der Waals surface area contributed by atoms with Gasteiger partial charge in [-0.15, -0.1) is 0 Å². The van der Waals surface area contributed by atoms with E-state index in [4.69, 9.17) is 14.5 Å². The van der Waals surface area contributed by atoms with Crippen LogP contribution in [0.1, 0.15) is 20.3 Å². The van der Waals surface area contributed by atoms with Gasteiger partial charge in [-0.2, -0.15) is 5.26 Å². The molecular weight excluding hydrogens is 217 g/mol. The van der Waals surface area contributed by atoms with Crippen molar-refractivity contribution in [3.8, 4) is 6.07 Å². The van der Waals surface area contributed by atoms with Crippen molar-refractivity contribution in [3.05, 3.63) is 0 Å². The molecule has 6 heteroatoms. The van der Waals surface area contributed by atoms with Crippen molar-refractivity contribution in [3.63, 3.8) is 0 Å². The van der Waals surface area contributed by atoms with E-state index in [0.717, 1.165) is 0 Å². The minimum Gasteiger partial charge on any atom is -0.447 e. The van der Waals surface area contributed by atoms with Gasteiger partial charge in [0, 0.05) is 26.2 Å². The topological polar surface area (TPSA) is 76.4 Å². The van der Waals surface area contributed by atoms with Gasteiger partial charge in [0.2, 0.25) is 0 Å². The SMILES string of the molecule is CCOP(C)(=O)CCC(C#N)OC(C)=O. The molecule has 0 bridgehead atoms. The molecule has 0 N–H and O–H groups in total. The molecule has 0 radical (unpaired) electrons. The first kappa shape index (κ1) is 14.2. The predicted molar refractivity (Wildman–Crippen MR) is 55.8 cm³/mol. The van der Waals surface area contributed by atoms with Gasteiger partial charge < -0.3 is 9.26 Å². The van der Waals surface area contributed by atoms with Crippen molar-refractivity contribution in [1.29, 1.82) is 5.26 Å². The minimum atomic E-state index is -2.65. The second-order valence-corrected chi connectivity index (χ2v) is 5.90. The number of hydrogen-bond acceptors (Lipinski definition) is 5. The lowest BCUT2D eigenvalue weighted by Crippen LogP contribution is -2.15. The summed E-state index contributed by atoms with van der Waals surface area (Å²) in [4.78, 5) is 10.6. The molecule has 0 aliphatic heterocycles. The number of esters is 1. The molecule has 0 saturated carbocycles. The van der Waals surface area contributed by atoms with E-state index in [9.17, 15) is 9.36 Å². The molecule has 0 fully saturated rings. The van der Waals surface area contributed by atoms with Gasteiger partial charge in [-0.25, -0.2) is 0 Å². The average molecular weight is 233 g/mol. The van der Waals surface area contributed by atoms with Crippen molar-refractivity contribution in [2.24, 2.45) is 0 Å². The van der Waals surface area contributed by atoms with Gasteiger partial charge in [-0.1, -0.05) is 0 Å². The molecule has 0 aliphatic rings. The van der Waals surface area contributed by atoms with Crippen molar-refractivity contribution >= 4 is 13.3 Å². The summed E-state index contributed by atoms with van der Waals surface area (Å²) in [6.07, 6.45) is -0.354. The molecule has 15 heavy (non-hydrogen) atoms. The van der Waals surface area contributed by atoms with E-state index in [1.54, 1.807) is 6.92 Å². The maximum absolute atomic E-state index is 11.6. The first-order valence-electron chi connectivity index (χ1n) is 4.69. The Hall–Kier alpha value is -0.850. The monoisotopic (exact) mass is 233 g/mol. The Kier molecular flexibility index (Phi) is 6.23. The van der Waals surface area contributed by atoms with Crippen LogP contribution in [0.5, 0.6) is 0 Å². The molecule has 0 aromatic heterocycles. The van der Waals surface area contributed by atoms with Crippen molar-refractivity contribution in [2.75, 3.05) is 19.4 Å². The number of carbonyl (C=O) groups excluding carboxylic acids is 1. The highest BCUT2D eigenvalue weighted by Crippen LogP contribution is 2.43. The first-order chi connectivity index (χ1) is 6.91. The van der Waals surface area contributed by atoms with Gasteiger partial charge in [-0.3, -0.25) is 9.36 Å². The molecule has 0 spiro atoms. The lowest BCUT2D eigenvalue weighted by Gasteiger charge is -2.14. The lowest BCUT2D eigenvalue weighted by molar-refractivity contribution is -0.143.